The smallest absolute Gasteiger partial charge is 0.255 e. The van der Waals surface area contributed by atoms with E-state index < -0.39 is 0 Å². The number of piperazine rings is 1. The van der Waals surface area contributed by atoms with Crippen molar-refractivity contribution in [3.05, 3.63) is 52.1 Å². The third kappa shape index (κ3) is 3.12. The van der Waals surface area contributed by atoms with Crippen molar-refractivity contribution in [2.45, 2.75) is 13.3 Å². The van der Waals surface area contributed by atoms with Crippen molar-refractivity contribution >= 4 is 11.7 Å². The molecule has 1 aliphatic rings. The molecule has 0 radical (unpaired) electrons. The Bertz CT molecular complexity index is 779. The molecule has 1 amide bonds. The molecule has 1 aliphatic heterocycles. The van der Waals surface area contributed by atoms with Crippen molar-refractivity contribution in [2.24, 2.45) is 0 Å². The van der Waals surface area contributed by atoms with E-state index in [1.807, 2.05) is 11.8 Å². The lowest BCUT2D eigenvalue weighted by atomic mass is 10.2. The van der Waals surface area contributed by atoms with E-state index in [1.165, 1.54) is 24.7 Å². The Morgan fingerprint density at radius 2 is 2.00 bits per heavy atom. The van der Waals surface area contributed by atoms with E-state index >= 15 is 0 Å². The van der Waals surface area contributed by atoms with Gasteiger partial charge in [0.1, 0.15) is 6.33 Å². The summed E-state index contributed by atoms with van der Waals surface area (Å²) in [7, 11) is 0. The largest absolute Gasteiger partial charge is 0.351 e. The van der Waals surface area contributed by atoms with E-state index in [1.54, 1.807) is 4.90 Å². The minimum absolute atomic E-state index is 0.150. The summed E-state index contributed by atoms with van der Waals surface area (Å²) in [6.07, 6.45) is 3.29. The third-order valence-corrected chi connectivity index (χ3v) is 4.08. The van der Waals surface area contributed by atoms with Crippen molar-refractivity contribution < 1.29 is 9.18 Å². The molecular weight excluding hydrogens is 313 g/mol. The Balaban J connectivity index is 1.69. The molecule has 8 heteroatoms. The molecule has 1 N–H and O–H groups in total. The second-order valence-corrected chi connectivity index (χ2v) is 5.53. The molecule has 2 aromatic rings. The first-order valence-electron chi connectivity index (χ1n) is 7.82. The molecule has 0 spiro atoms. The number of rotatable bonds is 3. The Kier molecular flexibility index (Phi) is 4.54. The van der Waals surface area contributed by atoms with Gasteiger partial charge in [-0.15, -0.1) is 0 Å². The zero-order chi connectivity index (χ0) is 17.1. The van der Waals surface area contributed by atoms with E-state index in [0.717, 1.165) is 0 Å². The molecule has 0 bridgehead atoms. The lowest BCUT2D eigenvalue weighted by molar-refractivity contribution is 0.0746. The van der Waals surface area contributed by atoms with E-state index in [9.17, 15) is 14.0 Å². The first-order valence-corrected chi connectivity index (χ1v) is 7.82. The fourth-order valence-corrected chi connectivity index (χ4v) is 2.71. The summed E-state index contributed by atoms with van der Waals surface area (Å²) >= 11 is 0. The predicted octanol–water partition coefficient (Wildman–Crippen LogP) is 0.829. The maximum Gasteiger partial charge on any atom is 0.255 e. The van der Waals surface area contributed by atoms with Gasteiger partial charge in [-0.3, -0.25) is 9.59 Å². The molecule has 0 aliphatic carbocycles. The van der Waals surface area contributed by atoms with Gasteiger partial charge < -0.3 is 14.8 Å². The fraction of sp³-hybridized carbons (Fsp3) is 0.375. The van der Waals surface area contributed by atoms with E-state index in [0.29, 0.717) is 43.9 Å². The number of nitrogens with zero attached hydrogens (tertiary/aromatic N) is 4. The van der Waals surface area contributed by atoms with Crippen LogP contribution in [0.25, 0.3) is 0 Å². The van der Waals surface area contributed by atoms with Crippen LogP contribution < -0.4 is 10.5 Å². The average Bonchev–Trinajstić information content (AvgIpc) is 2.62. The minimum atomic E-state index is -0.389. The maximum atomic E-state index is 14.3. The summed E-state index contributed by atoms with van der Waals surface area (Å²) in [5.41, 5.74) is 0.582. The van der Waals surface area contributed by atoms with Crippen LogP contribution >= 0.6 is 0 Å². The number of carbonyl (C=O) groups excluding carboxylic acids is 1. The van der Waals surface area contributed by atoms with Crippen LogP contribution in [-0.2, 0) is 6.42 Å². The molecule has 7 nitrogen and oxygen atoms in total. The summed E-state index contributed by atoms with van der Waals surface area (Å²) in [5.74, 6) is -0.248. The Morgan fingerprint density at radius 3 is 2.62 bits per heavy atom. The summed E-state index contributed by atoms with van der Waals surface area (Å²) in [6, 6.07) is 2.83. The molecule has 0 aromatic carbocycles. The van der Waals surface area contributed by atoms with Crippen LogP contribution in [0.3, 0.4) is 0 Å². The predicted molar refractivity (Wildman–Crippen MR) is 86.5 cm³/mol. The quantitative estimate of drug-likeness (QED) is 0.901. The molecule has 126 valence electrons. The number of amides is 1. The molecule has 0 unspecified atom stereocenters. The number of hydrogen-bond donors (Lipinski definition) is 1. The number of halogens is 1. The SMILES string of the molecule is CCc1ncnc(N2CCN(C(=O)c3ccc(=O)[nH]c3)CC2)c1F. The van der Waals surface area contributed by atoms with Crippen LogP contribution in [-0.4, -0.2) is 51.9 Å². The van der Waals surface area contributed by atoms with Gasteiger partial charge in [0.2, 0.25) is 5.56 Å². The van der Waals surface area contributed by atoms with Gasteiger partial charge in [0, 0.05) is 38.4 Å². The van der Waals surface area contributed by atoms with E-state index in [-0.39, 0.29) is 23.1 Å². The number of pyridine rings is 1. The van der Waals surface area contributed by atoms with Crippen LogP contribution in [0.1, 0.15) is 23.0 Å². The maximum absolute atomic E-state index is 14.3. The van der Waals surface area contributed by atoms with Crippen molar-refractivity contribution in [2.75, 3.05) is 31.1 Å². The average molecular weight is 331 g/mol. The lowest BCUT2D eigenvalue weighted by Crippen LogP contribution is -2.49. The first kappa shape index (κ1) is 16.1. The topological polar surface area (TPSA) is 82.2 Å². The fourth-order valence-electron chi connectivity index (χ4n) is 2.71. The van der Waals surface area contributed by atoms with Gasteiger partial charge in [-0.25, -0.2) is 14.4 Å². The minimum Gasteiger partial charge on any atom is -0.351 e. The van der Waals surface area contributed by atoms with Crippen molar-refractivity contribution in [3.63, 3.8) is 0 Å². The molecule has 3 heterocycles. The first-order chi connectivity index (χ1) is 11.6. The van der Waals surface area contributed by atoms with Gasteiger partial charge in [-0.2, -0.15) is 0 Å². The number of aromatic amines is 1. The second-order valence-electron chi connectivity index (χ2n) is 5.53. The van der Waals surface area contributed by atoms with Crippen LogP contribution in [0.5, 0.6) is 0 Å². The van der Waals surface area contributed by atoms with Crippen molar-refractivity contribution in [1.82, 2.24) is 19.9 Å². The van der Waals surface area contributed by atoms with E-state index in [2.05, 4.69) is 15.0 Å². The molecule has 1 saturated heterocycles. The highest BCUT2D eigenvalue weighted by Gasteiger charge is 2.25. The molecule has 1 fully saturated rings. The van der Waals surface area contributed by atoms with Crippen LogP contribution in [0.2, 0.25) is 0 Å². The van der Waals surface area contributed by atoms with Gasteiger partial charge in [0.15, 0.2) is 11.6 Å². The van der Waals surface area contributed by atoms with Crippen LogP contribution in [0.15, 0.2) is 29.5 Å². The van der Waals surface area contributed by atoms with Crippen LogP contribution in [0.4, 0.5) is 10.2 Å². The standard InChI is InChI=1S/C16H18FN5O2/c1-2-12-14(17)15(20-10-19-12)21-5-7-22(8-6-21)16(24)11-3-4-13(23)18-9-11/h3-4,9-10H,2,5-8H2,1H3,(H,18,23). The number of nitrogens with one attached hydrogen (secondary N) is 1. The summed E-state index contributed by atoms with van der Waals surface area (Å²) in [4.78, 5) is 37.5. The van der Waals surface area contributed by atoms with Gasteiger partial charge in [-0.1, -0.05) is 6.92 Å². The highest BCUT2D eigenvalue weighted by molar-refractivity contribution is 5.94. The number of aromatic nitrogens is 3. The normalized spacial score (nSPS) is 14.8. The summed E-state index contributed by atoms with van der Waals surface area (Å²) in [5, 5.41) is 0. The monoisotopic (exact) mass is 331 g/mol. The molecule has 24 heavy (non-hydrogen) atoms. The zero-order valence-corrected chi connectivity index (χ0v) is 13.3. The Hall–Kier alpha value is -2.77. The highest BCUT2D eigenvalue weighted by atomic mass is 19.1. The second kappa shape index (κ2) is 6.77. The molecule has 0 saturated carbocycles. The lowest BCUT2D eigenvalue weighted by Gasteiger charge is -2.35. The molecule has 0 atom stereocenters. The highest BCUT2D eigenvalue weighted by Crippen LogP contribution is 2.20. The number of aryl methyl sites for hydroxylation is 1. The number of hydrogen-bond acceptors (Lipinski definition) is 5. The summed E-state index contributed by atoms with van der Waals surface area (Å²) in [6.45, 7) is 3.75. The van der Waals surface area contributed by atoms with E-state index in [4.69, 9.17) is 0 Å². The van der Waals surface area contributed by atoms with Gasteiger partial charge >= 0.3 is 0 Å². The third-order valence-electron chi connectivity index (χ3n) is 4.08. The van der Waals surface area contributed by atoms with Crippen molar-refractivity contribution in [1.29, 1.82) is 0 Å². The zero-order valence-electron chi connectivity index (χ0n) is 13.3. The van der Waals surface area contributed by atoms with Gasteiger partial charge in [-0.05, 0) is 12.5 Å². The van der Waals surface area contributed by atoms with Gasteiger partial charge in [0.25, 0.3) is 5.91 Å². The number of carbonyl (C=O) groups is 1. The molecular formula is C16H18FN5O2. The van der Waals surface area contributed by atoms with Crippen LogP contribution in [0, 0.1) is 5.82 Å². The Morgan fingerprint density at radius 1 is 1.25 bits per heavy atom. The number of H-pyrrole nitrogens is 1. The van der Waals surface area contributed by atoms with Crippen molar-refractivity contribution in [3.8, 4) is 0 Å². The number of anilines is 1. The molecule has 3 rings (SSSR count). The van der Waals surface area contributed by atoms with Gasteiger partial charge in [0.05, 0.1) is 11.3 Å². The Labute approximate surface area is 138 Å². The molecule has 2 aromatic heterocycles. The summed E-state index contributed by atoms with van der Waals surface area (Å²) < 4.78 is 14.3.